The molecule has 0 aliphatic rings. The standard InChI is InChI=1S/C13H14OS/c1-10(11-5-3-2-4-6-11)13(14)12-7-8-15-9-12/h2-10,13-14H,1H3. The molecule has 0 aliphatic heterocycles. The van der Waals surface area contributed by atoms with Gasteiger partial charge in [-0.2, -0.15) is 11.3 Å². The van der Waals surface area contributed by atoms with Crippen LogP contribution in [0.5, 0.6) is 0 Å². The van der Waals surface area contributed by atoms with Crippen molar-refractivity contribution in [1.29, 1.82) is 0 Å². The van der Waals surface area contributed by atoms with Crippen molar-refractivity contribution in [1.82, 2.24) is 0 Å². The van der Waals surface area contributed by atoms with Crippen molar-refractivity contribution in [2.45, 2.75) is 18.9 Å². The van der Waals surface area contributed by atoms with E-state index in [1.165, 1.54) is 5.56 Å². The second-order valence-electron chi connectivity index (χ2n) is 3.70. The van der Waals surface area contributed by atoms with Gasteiger partial charge in [0.1, 0.15) is 0 Å². The number of hydrogen-bond acceptors (Lipinski definition) is 2. The van der Waals surface area contributed by atoms with E-state index in [1.54, 1.807) is 11.3 Å². The Kier molecular flexibility index (Phi) is 3.19. The molecule has 1 nitrogen and oxygen atoms in total. The molecule has 1 heterocycles. The summed E-state index contributed by atoms with van der Waals surface area (Å²) in [5.74, 6) is 0.140. The Hall–Kier alpha value is -1.12. The van der Waals surface area contributed by atoms with Crippen LogP contribution in [0.15, 0.2) is 47.2 Å². The van der Waals surface area contributed by atoms with E-state index < -0.39 is 6.10 Å². The maximum Gasteiger partial charge on any atom is 0.0863 e. The van der Waals surface area contributed by atoms with E-state index in [2.05, 4.69) is 19.1 Å². The fourth-order valence-corrected chi connectivity index (χ4v) is 2.36. The van der Waals surface area contributed by atoms with Crippen molar-refractivity contribution in [3.05, 3.63) is 58.3 Å². The van der Waals surface area contributed by atoms with Crippen LogP contribution in [-0.4, -0.2) is 5.11 Å². The molecule has 0 saturated heterocycles. The number of aliphatic hydroxyl groups excluding tert-OH is 1. The zero-order chi connectivity index (χ0) is 10.7. The summed E-state index contributed by atoms with van der Waals surface area (Å²) in [4.78, 5) is 0. The molecule has 1 N–H and O–H groups in total. The average molecular weight is 218 g/mol. The number of aliphatic hydroxyl groups is 1. The number of hydrogen-bond donors (Lipinski definition) is 1. The molecule has 1 aromatic carbocycles. The predicted molar refractivity (Wildman–Crippen MR) is 64.1 cm³/mol. The van der Waals surface area contributed by atoms with Crippen molar-refractivity contribution in [2.24, 2.45) is 0 Å². The molecule has 2 unspecified atom stereocenters. The summed E-state index contributed by atoms with van der Waals surface area (Å²) in [6.45, 7) is 2.05. The quantitative estimate of drug-likeness (QED) is 0.834. The highest BCUT2D eigenvalue weighted by Gasteiger charge is 2.17. The van der Waals surface area contributed by atoms with Crippen LogP contribution in [-0.2, 0) is 0 Å². The van der Waals surface area contributed by atoms with Gasteiger partial charge in [0, 0.05) is 5.92 Å². The summed E-state index contributed by atoms with van der Waals surface area (Å²) in [5.41, 5.74) is 2.19. The third kappa shape index (κ3) is 2.28. The Morgan fingerprint density at radius 1 is 1.07 bits per heavy atom. The van der Waals surface area contributed by atoms with Crippen LogP contribution >= 0.6 is 11.3 Å². The van der Waals surface area contributed by atoms with Crippen LogP contribution in [0.3, 0.4) is 0 Å². The third-order valence-corrected chi connectivity index (χ3v) is 3.39. The molecule has 0 spiro atoms. The molecule has 15 heavy (non-hydrogen) atoms. The molecule has 2 rings (SSSR count). The fourth-order valence-electron chi connectivity index (χ4n) is 1.67. The molecule has 0 amide bonds. The minimum absolute atomic E-state index is 0.140. The van der Waals surface area contributed by atoms with Gasteiger partial charge in [-0.1, -0.05) is 37.3 Å². The molecular weight excluding hydrogens is 204 g/mol. The van der Waals surface area contributed by atoms with E-state index in [0.29, 0.717) is 0 Å². The maximum atomic E-state index is 10.1. The van der Waals surface area contributed by atoms with Crippen LogP contribution in [0.25, 0.3) is 0 Å². The zero-order valence-corrected chi connectivity index (χ0v) is 9.45. The molecule has 2 atom stereocenters. The first-order valence-corrected chi connectivity index (χ1v) is 5.98. The number of rotatable bonds is 3. The number of thiophene rings is 1. The SMILES string of the molecule is CC(c1ccccc1)C(O)c1ccsc1. The van der Waals surface area contributed by atoms with Gasteiger partial charge in [0.15, 0.2) is 0 Å². The molecule has 0 fully saturated rings. The zero-order valence-electron chi connectivity index (χ0n) is 8.63. The smallest absolute Gasteiger partial charge is 0.0863 e. The van der Waals surface area contributed by atoms with E-state index in [4.69, 9.17) is 0 Å². The second kappa shape index (κ2) is 4.60. The summed E-state index contributed by atoms with van der Waals surface area (Å²) in [5, 5.41) is 14.1. The largest absolute Gasteiger partial charge is 0.388 e. The Labute approximate surface area is 94.0 Å². The lowest BCUT2D eigenvalue weighted by molar-refractivity contribution is 0.152. The molecule has 2 heteroatoms. The van der Waals surface area contributed by atoms with Crippen LogP contribution in [0.1, 0.15) is 30.1 Å². The van der Waals surface area contributed by atoms with Gasteiger partial charge in [0.25, 0.3) is 0 Å². The van der Waals surface area contributed by atoms with E-state index in [1.807, 2.05) is 35.0 Å². The average Bonchev–Trinajstić information content (AvgIpc) is 2.82. The molecule has 0 bridgehead atoms. The van der Waals surface area contributed by atoms with Crippen LogP contribution in [0.2, 0.25) is 0 Å². The van der Waals surface area contributed by atoms with Crippen LogP contribution in [0, 0.1) is 0 Å². The van der Waals surface area contributed by atoms with Gasteiger partial charge in [-0.05, 0) is 28.0 Å². The van der Waals surface area contributed by atoms with Gasteiger partial charge in [0.2, 0.25) is 0 Å². The molecule has 0 radical (unpaired) electrons. The monoisotopic (exact) mass is 218 g/mol. The lowest BCUT2D eigenvalue weighted by Gasteiger charge is -2.18. The summed E-state index contributed by atoms with van der Waals surface area (Å²) in [6, 6.07) is 12.1. The van der Waals surface area contributed by atoms with Crippen molar-refractivity contribution < 1.29 is 5.11 Å². The highest BCUT2D eigenvalue weighted by molar-refractivity contribution is 7.07. The van der Waals surface area contributed by atoms with Crippen LogP contribution < -0.4 is 0 Å². The van der Waals surface area contributed by atoms with Gasteiger partial charge < -0.3 is 5.11 Å². The third-order valence-electron chi connectivity index (χ3n) is 2.68. The maximum absolute atomic E-state index is 10.1. The summed E-state index contributed by atoms with van der Waals surface area (Å²) in [6.07, 6.45) is -0.404. The minimum Gasteiger partial charge on any atom is -0.388 e. The molecule has 1 aromatic heterocycles. The Balaban J connectivity index is 2.18. The molecule has 0 aliphatic carbocycles. The number of benzene rings is 1. The minimum atomic E-state index is -0.404. The normalized spacial score (nSPS) is 14.8. The summed E-state index contributed by atoms with van der Waals surface area (Å²) < 4.78 is 0. The first-order valence-electron chi connectivity index (χ1n) is 5.04. The first-order chi connectivity index (χ1) is 7.29. The molecule has 78 valence electrons. The Bertz CT molecular complexity index is 394. The van der Waals surface area contributed by atoms with E-state index >= 15 is 0 Å². The van der Waals surface area contributed by atoms with Crippen LogP contribution in [0.4, 0.5) is 0 Å². The molecule has 2 aromatic rings. The highest BCUT2D eigenvalue weighted by Crippen LogP contribution is 2.31. The van der Waals surface area contributed by atoms with Gasteiger partial charge in [-0.15, -0.1) is 0 Å². The Morgan fingerprint density at radius 2 is 1.80 bits per heavy atom. The lowest BCUT2D eigenvalue weighted by atomic mass is 9.92. The van der Waals surface area contributed by atoms with Gasteiger partial charge in [0.05, 0.1) is 6.10 Å². The van der Waals surface area contributed by atoms with E-state index in [0.717, 1.165) is 5.56 Å². The topological polar surface area (TPSA) is 20.2 Å². The first kappa shape index (κ1) is 10.4. The van der Waals surface area contributed by atoms with E-state index in [-0.39, 0.29) is 5.92 Å². The van der Waals surface area contributed by atoms with Gasteiger partial charge >= 0.3 is 0 Å². The highest BCUT2D eigenvalue weighted by atomic mass is 32.1. The predicted octanol–water partition coefficient (Wildman–Crippen LogP) is 3.59. The molecule has 0 saturated carbocycles. The van der Waals surface area contributed by atoms with Crippen molar-refractivity contribution in [3.63, 3.8) is 0 Å². The van der Waals surface area contributed by atoms with Gasteiger partial charge in [-0.25, -0.2) is 0 Å². The van der Waals surface area contributed by atoms with Crippen molar-refractivity contribution in [2.75, 3.05) is 0 Å². The fraction of sp³-hybridized carbons (Fsp3) is 0.231. The molecular formula is C13H14OS. The summed E-state index contributed by atoms with van der Waals surface area (Å²) in [7, 11) is 0. The van der Waals surface area contributed by atoms with Crippen molar-refractivity contribution in [3.8, 4) is 0 Å². The lowest BCUT2D eigenvalue weighted by Crippen LogP contribution is -2.06. The second-order valence-corrected chi connectivity index (χ2v) is 4.48. The summed E-state index contributed by atoms with van der Waals surface area (Å²) >= 11 is 1.62. The van der Waals surface area contributed by atoms with Gasteiger partial charge in [-0.3, -0.25) is 0 Å². The van der Waals surface area contributed by atoms with E-state index in [9.17, 15) is 5.11 Å². The Morgan fingerprint density at radius 3 is 2.40 bits per heavy atom. The van der Waals surface area contributed by atoms with Crippen molar-refractivity contribution >= 4 is 11.3 Å².